The normalized spacial score (nSPS) is 22.6. The van der Waals surface area contributed by atoms with Gasteiger partial charge in [0.2, 0.25) is 5.91 Å². The molecule has 0 radical (unpaired) electrons. The first-order chi connectivity index (χ1) is 8.54. The lowest BCUT2D eigenvalue weighted by molar-refractivity contribution is -0.226. The highest BCUT2D eigenvalue weighted by atomic mass is 19.4. The van der Waals surface area contributed by atoms with Crippen molar-refractivity contribution in [2.45, 2.75) is 70.0 Å². The fourth-order valence-corrected chi connectivity index (χ4v) is 1.96. The molecule has 0 aromatic rings. The summed E-state index contributed by atoms with van der Waals surface area (Å²) in [7, 11) is 0. The fourth-order valence-electron chi connectivity index (χ4n) is 1.96. The summed E-state index contributed by atoms with van der Waals surface area (Å²) in [6.45, 7) is 4.07. The molecular formula is C12H21F3N2O2. The molecule has 0 spiro atoms. The summed E-state index contributed by atoms with van der Waals surface area (Å²) < 4.78 is 42.1. The third-order valence-electron chi connectivity index (χ3n) is 3.24. The monoisotopic (exact) mass is 282 g/mol. The number of hydrogen-bond acceptors (Lipinski definition) is 3. The Hall–Kier alpha value is -0.820. The highest BCUT2D eigenvalue weighted by Gasteiger charge is 2.41. The van der Waals surface area contributed by atoms with Crippen LogP contribution in [-0.4, -0.2) is 35.9 Å². The second-order valence-corrected chi connectivity index (χ2v) is 5.45. The Labute approximate surface area is 110 Å². The third-order valence-corrected chi connectivity index (χ3v) is 3.24. The summed E-state index contributed by atoms with van der Waals surface area (Å²) >= 11 is 0. The largest absolute Gasteiger partial charge is 0.414 e. The standard InChI is InChI=1S/C12H21F3N2O2/c1-7(19-8(2)12(13,14)15)6-11(3,10(16)18)17-9-4-5-9/h7-9,17H,4-6H2,1-3H3,(H2,16,18). The Kier molecular flexibility index (Phi) is 4.84. The van der Waals surface area contributed by atoms with Gasteiger partial charge >= 0.3 is 6.18 Å². The molecule has 3 atom stereocenters. The lowest BCUT2D eigenvalue weighted by Gasteiger charge is -2.31. The maximum atomic E-state index is 12.4. The molecule has 1 aliphatic rings. The van der Waals surface area contributed by atoms with Crippen LogP contribution in [0.15, 0.2) is 0 Å². The number of nitrogens with two attached hydrogens (primary N) is 1. The number of carbonyl (C=O) groups is 1. The number of ether oxygens (including phenoxy) is 1. The number of amides is 1. The van der Waals surface area contributed by atoms with Crippen LogP contribution < -0.4 is 11.1 Å². The first kappa shape index (κ1) is 16.2. The summed E-state index contributed by atoms with van der Waals surface area (Å²) in [5, 5.41) is 3.07. The molecule has 1 rings (SSSR count). The molecule has 4 nitrogen and oxygen atoms in total. The number of halogens is 3. The maximum Gasteiger partial charge on any atom is 0.414 e. The molecular weight excluding hydrogens is 261 g/mol. The number of rotatable bonds is 7. The van der Waals surface area contributed by atoms with Crippen LogP contribution >= 0.6 is 0 Å². The van der Waals surface area contributed by atoms with Crippen LogP contribution in [0.2, 0.25) is 0 Å². The Morgan fingerprint density at radius 1 is 1.42 bits per heavy atom. The lowest BCUT2D eigenvalue weighted by atomic mass is 9.93. The minimum absolute atomic E-state index is 0.110. The summed E-state index contributed by atoms with van der Waals surface area (Å²) in [5.74, 6) is -0.575. The average molecular weight is 282 g/mol. The smallest absolute Gasteiger partial charge is 0.368 e. The number of nitrogens with one attached hydrogen (secondary N) is 1. The molecule has 1 fully saturated rings. The Morgan fingerprint density at radius 2 is 1.95 bits per heavy atom. The third kappa shape index (κ3) is 4.99. The zero-order valence-electron chi connectivity index (χ0n) is 11.4. The van der Waals surface area contributed by atoms with Crippen LogP contribution in [0.25, 0.3) is 0 Å². The van der Waals surface area contributed by atoms with Gasteiger partial charge in [-0.2, -0.15) is 13.2 Å². The van der Waals surface area contributed by atoms with E-state index < -0.39 is 29.8 Å². The van der Waals surface area contributed by atoms with Crippen LogP contribution in [0, 0.1) is 0 Å². The first-order valence-corrected chi connectivity index (χ1v) is 6.34. The molecule has 19 heavy (non-hydrogen) atoms. The highest BCUT2D eigenvalue weighted by Crippen LogP contribution is 2.28. The summed E-state index contributed by atoms with van der Waals surface area (Å²) in [6.07, 6.45) is -4.96. The SMILES string of the molecule is CC(CC(C)(NC1CC1)C(N)=O)OC(C)C(F)(F)F. The molecule has 0 aromatic carbocycles. The van der Waals surface area contributed by atoms with Gasteiger partial charge in [-0.1, -0.05) is 0 Å². The van der Waals surface area contributed by atoms with Gasteiger partial charge in [-0.25, -0.2) is 0 Å². The zero-order valence-corrected chi connectivity index (χ0v) is 11.4. The van der Waals surface area contributed by atoms with Gasteiger partial charge in [-0.15, -0.1) is 0 Å². The molecule has 112 valence electrons. The van der Waals surface area contributed by atoms with Gasteiger partial charge in [0, 0.05) is 12.5 Å². The molecule has 3 N–H and O–H groups in total. The van der Waals surface area contributed by atoms with Crippen molar-refractivity contribution in [3.63, 3.8) is 0 Å². The van der Waals surface area contributed by atoms with E-state index in [0.717, 1.165) is 19.8 Å². The topological polar surface area (TPSA) is 64.3 Å². The lowest BCUT2D eigenvalue weighted by Crippen LogP contribution is -2.56. The second kappa shape index (κ2) is 5.66. The second-order valence-electron chi connectivity index (χ2n) is 5.45. The van der Waals surface area contributed by atoms with Crippen LogP contribution in [0.3, 0.4) is 0 Å². The predicted octanol–water partition coefficient (Wildman–Crippen LogP) is 1.73. The minimum atomic E-state index is -4.40. The molecule has 1 amide bonds. The molecule has 0 aliphatic heterocycles. The molecule has 3 unspecified atom stereocenters. The van der Waals surface area contributed by atoms with E-state index >= 15 is 0 Å². The zero-order chi connectivity index (χ0) is 14.8. The van der Waals surface area contributed by atoms with Gasteiger partial charge in [0.05, 0.1) is 11.6 Å². The number of primary amides is 1. The van der Waals surface area contributed by atoms with E-state index in [1.807, 2.05) is 0 Å². The van der Waals surface area contributed by atoms with Crippen molar-refractivity contribution in [2.24, 2.45) is 5.73 Å². The molecule has 0 saturated heterocycles. The van der Waals surface area contributed by atoms with E-state index in [9.17, 15) is 18.0 Å². The summed E-state index contributed by atoms with van der Waals surface area (Å²) in [6, 6.07) is 0.227. The van der Waals surface area contributed by atoms with E-state index in [0.29, 0.717) is 0 Å². The average Bonchev–Trinajstić information content (AvgIpc) is 2.98. The van der Waals surface area contributed by atoms with Crippen molar-refractivity contribution in [1.82, 2.24) is 5.32 Å². The fraction of sp³-hybridized carbons (Fsp3) is 0.917. The van der Waals surface area contributed by atoms with Crippen molar-refractivity contribution in [3.8, 4) is 0 Å². The number of hydrogen-bond donors (Lipinski definition) is 2. The summed E-state index contributed by atoms with van der Waals surface area (Å²) in [4.78, 5) is 11.5. The molecule has 0 aromatic heterocycles. The molecule has 0 bridgehead atoms. The van der Waals surface area contributed by atoms with E-state index in [-0.39, 0.29) is 12.5 Å². The molecule has 1 aliphatic carbocycles. The van der Waals surface area contributed by atoms with Crippen LogP contribution in [-0.2, 0) is 9.53 Å². The predicted molar refractivity (Wildman–Crippen MR) is 64.4 cm³/mol. The summed E-state index contributed by atoms with van der Waals surface area (Å²) in [5.41, 5.74) is 4.30. The van der Waals surface area contributed by atoms with Crippen molar-refractivity contribution in [1.29, 1.82) is 0 Å². The van der Waals surface area contributed by atoms with E-state index in [4.69, 9.17) is 10.5 Å². The van der Waals surface area contributed by atoms with Crippen LogP contribution in [0.1, 0.15) is 40.0 Å². The van der Waals surface area contributed by atoms with Crippen molar-refractivity contribution in [3.05, 3.63) is 0 Å². The van der Waals surface area contributed by atoms with Gasteiger partial charge in [0.15, 0.2) is 6.10 Å². The minimum Gasteiger partial charge on any atom is -0.368 e. The van der Waals surface area contributed by atoms with Gasteiger partial charge in [0.25, 0.3) is 0 Å². The van der Waals surface area contributed by atoms with E-state index in [1.165, 1.54) is 6.92 Å². The Morgan fingerprint density at radius 3 is 2.32 bits per heavy atom. The maximum absolute atomic E-state index is 12.4. The highest BCUT2D eigenvalue weighted by molar-refractivity contribution is 5.84. The Balaban J connectivity index is 2.56. The van der Waals surface area contributed by atoms with Gasteiger partial charge in [-0.3, -0.25) is 4.79 Å². The van der Waals surface area contributed by atoms with Gasteiger partial charge in [-0.05, 0) is 33.6 Å². The van der Waals surface area contributed by atoms with Crippen molar-refractivity contribution >= 4 is 5.91 Å². The number of alkyl halides is 3. The van der Waals surface area contributed by atoms with Gasteiger partial charge in [0.1, 0.15) is 0 Å². The molecule has 0 heterocycles. The van der Waals surface area contributed by atoms with Crippen molar-refractivity contribution < 1.29 is 22.7 Å². The van der Waals surface area contributed by atoms with Crippen LogP contribution in [0.4, 0.5) is 13.2 Å². The number of carbonyl (C=O) groups excluding carboxylic acids is 1. The van der Waals surface area contributed by atoms with E-state index in [2.05, 4.69) is 5.32 Å². The van der Waals surface area contributed by atoms with Gasteiger partial charge < -0.3 is 15.8 Å². The quantitative estimate of drug-likeness (QED) is 0.747. The van der Waals surface area contributed by atoms with Crippen molar-refractivity contribution in [2.75, 3.05) is 0 Å². The van der Waals surface area contributed by atoms with Crippen LogP contribution in [0.5, 0.6) is 0 Å². The molecule has 1 saturated carbocycles. The molecule has 7 heteroatoms. The first-order valence-electron chi connectivity index (χ1n) is 6.34. The van der Waals surface area contributed by atoms with E-state index in [1.54, 1.807) is 6.92 Å². The Bertz CT molecular complexity index is 331.